The summed E-state index contributed by atoms with van der Waals surface area (Å²) in [6, 6.07) is 22.0. The quantitative estimate of drug-likeness (QED) is 0.217. The fraction of sp³-hybridized carbons (Fsp3) is 0.160. The van der Waals surface area contributed by atoms with E-state index in [9.17, 15) is 5.11 Å². The first-order valence-corrected chi connectivity index (χ1v) is 11.5. The highest BCUT2D eigenvalue weighted by atomic mass is 79.9. The first kappa shape index (κ1) is 22.2. The molecule has 0 unspecified atom stereocenters. The maximum Gasteiger partial charge on any atom is 0.221 e. The van der Waals surface area contributed by atoms with Crippen molar-refractivity contribution in [2.75, 3.05) is 5.32 Å². The highest BCUT2D eigenvalue weighted by Gasteiger charge is 2.18. The molecule has 0 radical (unpaired) electrons. The number of hydrogen-bond acceptors (Lipinski definition) is 3. The molecule has 1 heterocycles. The van der Waals surface area contributed by atoms with Crippen molar-refractivity contribution in [2.45, 2.75) is 26.8 Å². The van der Waals surface area contributed by atoms with E-state index >= 15 is 0 Å². The third-order valence-corrected chi connectivity index (χ3v) is 6.09. The first-order chi connectivity index (χ1) is 15.5. The maximum absolute atomic E-state index is 11.0. The molecule has 0 amide bonds. The van der Waals surface area contributed by atoms with Gasteiger partial charge in [-0.25, -0.2) is 0 Å². The molecule has 7 heteroatoms. The van der Waals surface area contributed by atoms with Gasteiger partial charge in [0, 0.05) is 15.5 Å². The van der Waals surface area contributed by atoms with Crippen LogP contribution in [0.5, 0.6) is 5.88 Å². The van der Waals surface area contributed by atoms with Crippen LogP contribution in [0, 0.1) is 6.92 Å². The van der Waals surface area contributed by atoms with Crippen LogP contribution in [0.4, 0.5) is 11.4 Å². The van der Waals surface area contributed by atoms with Gasteiger partial charge in [-0.1, -0.05) is 59.3 Å². The third kappa shape index (κ3) is 4.74. The predicted octanol–water partition coefficient (Wildman–Crippen LogP) is 7.51. The SMILES string of the molecule is CCc1ccc(NC(=S)N=Nc2c(O)n(Cc3ccccc3C)c3ccc(Br)cc23)cc1. The minimum Gasteiger partial charge on any atom is -0.493 e. The van der Waals surface area contributed by atoms with Gasteiger partial charge in [0.2, 0.25) is 11.0 Å². The molecule has 162 valence electrons. The minimum absolute atomic E-state index is 0.0557. The highest BCUT2D eigenvalue weighted by Crippen LogP contribution is 2.40. The molecule has 0 aliphatic carbocycles. The summed E-state index contributed by atoms with van der Waals surface area (Å²) in [4.78, 5) is 0. The van der Waals surface area contributed by atoms with Crippen molar-refractivity contribution in [1.29, 1.82) is 0 Å². The first-order valence-electron chi connectivity index (χ1n) is 10.3. The molecule has 0 fully saturated rings. The van der Waals surface area contributed by atoms with Crippen LogP contribution in [-0.4, -0.2) is 14.8 Å². The summed E-state index contributed by atoms with van der Waals surface area (Å²) < 4.78 is 2.74. The van der Waals surface area contributed by atoms with Crippen LogP contribution in [0.25, 0.3) is 10.9 Å². The number of fused-ring (bicyclic) bond motifs is 1. The maximum atomic E-state index is 11.0. The standard InChI is InChI=1S/C25H23BrN4OS/c1-3-17-8-11-20(12-9-17)27-25(32)29-28-23-21-14-19(26)10-13-22(21)30(24(23)31)15-18-7-5-4-6-16(18)2/h4-14,31H,3,15H2,1-2H3,(H,27,32). The lowest BCUT2D eigenvalue weighted by Gasteiger charge is -2.09. The molecule has 32 heavy (non-hydrogen) atoms. The number of azo groups is 1. The second kappa shape index (κ2) is 9.63. The van der Waals surface area contributed by atoms with E-state index < -0.39 is 0 Å². The molecule has 0 bridgehead atoms. The van der Waals surface area contributed by atoms with Gasteiger partial charge in [0.25, 0.3) is 0 Å². The zero-order chi connectivity index (χ0) is 22.7. The molecule has 0 spiro atoms. The zero-order valence-corrected chi connectivity index (χ0v) is 20.2. The van der Waals surface area contributed by atoms with Gasteiger partial charge in [0.05, 0.1) is 12.1 Å². The number of nitrogens with one attached hydrogen (secondary N) is 1. The van der Waals surface area contributed by atoms with Gasteiger partial charge in [0.15, 0.2) is 5.69 Å². The zero-order valence-electron chi connectivity index (χ0n) is 17.8. The van der Waals surface area contributed by atoms with Gasteiger partial charge in [-0.15, -0.1) is 10.2 Å². The summed E-state index contributed by atoms with van der Waals surface area (Å²) in [6.45, 7) is 4.70. The van der Waals surface area contributed by atoms with Crippen LogP contribution in [0.1, 0.15) is 23.6 Å². The summed E-state index contributed by atoms with van der Waals surface area (Å²) in [5.41, 5.74) is 5.64. The van der Waals surface area contributed by atoms with Crippen LogP contribution in [0.15, 0.2) is 81.4 Å². The summed E-state index contributed by atoms with van der Waals surface area (Å²) in [7, 11) is 0. The number of aromatic hydroxyl groups is 1. The topological polar surface area (TPSA) is 61.9 Å². The molecule has 4 rings (SSSR count). The molecule has 0 aliphatic rings. The molecular weight excluding hydrogens is 484 g/mol. The molecule has 3 aromatic carbocycles. The number of halogens is 1. The largest absolute Gasteiger partial charge is 0.493 e. The summed E-state index contributed by atoms with van der Waals surface area (Å²) in [5, 5.41) is 23.6. The number of benzene rings is 3. The Morgan fingerprint density at radius 1 is 1.09 bits per heavy atom. The van der Waals surface area contributed by atoms with Crippen LogP contribution in [0.3, 0.4) is 0 Å². The Bertz CT molecular complexity index is 1310. The Balaban J connectivity index is 1.65. The molecule has 1 aromatic heterocycles. The van der Waals surface area contributed by atoms with Crippen molar-refractivity contribution in [2.24, 2.45) is 10.2 Å². The van der Waals surface area contributed by atoms with E-state index in [4.69, 9.17) is 12.2 Å². The highest BCUT2D eigenvalue weighted by molar-refractivity contribution is 9.10. The van der Waals surface area contributed by atoms with Crippen LogP contribution in [0.2, 0.25) is 0 Å². The lowest BCUT2D eigenvalue weighted by Crippen LogP contribution is -2.04. The van der Waals surface area contributed by atoms with Crippen LogP contribution >= 0.6 is 28.1 Å². The third-order valence-electron chi connectivity index (χ3n) is 5.42. The van der Waals surface area contributed by atoms with Crippen molar-refractivity contribution in [3.05, 3.63) is 87.9 Å². The van der Waals surface area contributed by atoms with Gasteiger partial charge in [-0.05, 0) is 72.6 Å². The van der Waals surface area contributed by atoms with Crippen LogP contribution < -0.4 is 5.32 Å². The number of anilines is 1. The molecule has 0 saturated carbocycles. The average molecular weight is 507 g/mol. The van der Waals surface area contributed by atoms with E-state index in [0.717, 1.165) is 38.6 Å². The molecule has 4 aromatic rings. The average Bonchev–Trinajstić information content (AvgIpc) is 3.04. The lowest BCUT2D eigenvalue weighted by atomic mass is 10.1. The summed E-state index contributed by atoms with van der Waals surface area (Å²) >= 11 is 8.86. The molecule has 0 saturated heterocycles. The fourth-order valence-electron chi connectivity index (χ4n) is 3.58. The van der Waals surface area contributed by atoms with E-state index in [1.165, 1.54) is 5.56 Å². The number of nitrogens with zero attached hydrogens (tertiary/aromatic N) is 3. The monoisotopic (exact) mass is 506 g/mol. The molecule has 0 atom stereocenters. The van der Waals surface area contributed by atoms with Gasteiger partial charge in [0.1, 0.15) is 0 Å². The predicted molar refractivity (Wildman–Crippen MR) is 138 cm³/mol. The Hall–Kier alpha value is -3.03. The van der Waals surface area contributed by atoms with Crippen molar-refractivity contribution in [3.8, 4) is 5.88 Å². The Labute approximate surface area is 200 Å². The number of thiocarbonyl (C=S) groups is 1. The van der Waals surface area contributed by atoms with E-state index in [1.807, 2.05) is 59.2 Å². The van der Waals surface area contributed by atoms with Gasteiger partial charge < -0.3 is 15.0 Å². The Kier molecular flexibility index (Phi) is 6.67. The van der Waals surface area contributed by atoms with E-state index in [0.29, 0.717) is 12.2 Å². The van der Waals surface area contributed by atoms with E-state index in [2.05, 4.69) is 57.5 Å². The van der Waals surface area contributed by atoms with Crippen molar-refractivity contribution >= 4 is 55.5 Å². The van der Waals surface area contributed by atoms with E-state index in [-0.39, 0.29) is 11.0 Å². The summed E-state index contributed by atoms with van der Waals surface area (Å²) in [6.07, 6.45) is 0.978. The summed E-state index contributed by atoms with van der Waals surface area (Å²) in [5.74, 6) is 0.0557. The van der Waals surface area contributed by atoms with Crippen molar-refractivity contribution in [1.82, 2.24) is 4.57 Å². The lowest BCUT2D eigenvalue weighted by molar-refractivity contribution is 0.429. The number of aryl methyl sites for hydroxylation is 2. The Morgan fingerprint density at radius 3 is 2.56 bits per heavy atom. The minimum atomic E-state index is 0.0557. The second-order valence-electron chi connectivity index (χ2n) is 7.53. The van der Waals surface area contributed by atoms with Crippen molar-refractivity contribution in [3.63, 3.8) is 0 Å². The molecule has 0 aliphatic heterocycles. The van der Waals surface area contributed by atoms with Gasteiger partial charge in [-0.2, -0.15) is 0 Å². The van der Waals surface area contributed by atoms with Crippen LogP contribution in [-0.2, 0) is 13.0 Å². The number of aromatic nitrogens is 1. The van der Waals surface area contributed by atoms with Crippen molar-refractivity contribution < 1.29 is 5.11 Å². The molecule has 2 N–H and O–H groups in total. The van der Waals surface area contributed by atoms with E-state index in [1.54, 1.807) is 0 Å². The fourth-order valence-corrected chi connectivity index (χ4v) is 4.10. The smallest absolute Gasteiger partial charge is 0.221 e. The molecular formula is C25H23BrN4OS. The number of hydrogen-bond donors (Lipinski definition) is 2. The molecule has 5 nitrogen and oxygen atoms in total. The number of rotatable bonds is 5. The second-order valence-corrected chi connectivity index (χ2v) is 8.83. The Morgan fingerprint density at radius 2 is 1.84 bits per heavy atom. The van der Waals surface area contributed by atoms with Gasteiger partial charge in [-0.3, -0.25) is 0 Å². The normalized spacial score (nSPS) is 11.3. The van der Waals surface area contributed by atoms with Gasteiger partial charge >= 0.3 is 0 Å².